The van der Waals surface area contributed by atoms with Crippen LogP contribution < -0.4 is 4.90 Å². The number of rotatable bonds is 3. The van der Waals surface area contributed by atoms with Crippen LogP contribution in [0.1, 0.15) is 34.9 Å². The van der Waals surface area contributed by atoms with E-state index in [4.69, 9.17) is 0 Å². The molecule has 0 fully saturated rings. The number of benzene rings is 1. The van der Waals surface area contributed by atoms with E-state index in [1.54, 1.807) is 17.7 Å². The molecule has 2 heterocycles. The Labute approximate surface area is 159 Å². The second kappa shape index (κ2) is 6.78. The summed E-state index contributed by atoms with van der Waals surface area (Å²) in [6, 6.07) is 5.32. The highest BCUT2D eigenvalue weighted by Crippen LogP contribution is 2.40. The van der Waals surface area contributed by atoms with Crippen LogP contribution >= 0.6 is 11.3 Å². The summed E-state index contributed by atoms with van der Waals surface area (Å²) in [6.07, 6.45) is 0.543. The van der Waals surface area contributed by atoms with Crippen LogP contribution in [0.2, 0.25) is 0 Å². The molecule has 7 heteroatoms. The summed E-state index contributed by atoms with van der Waals surface area (Å²) in [5.74, 6) is 1.54. The topological polar surface area (TPSA) is 29.0 Å². The van der Waals surface area contributed by atoms with Gasteiger partial charge in [0.05, 0.1) is 10.9 Å². The Morgan fingerprint density at radius 3 is 2.63 bits per heavy atom. The maximum absolute atomic E-state index is 12.7. The second-order valence-corrected chi connectivity index (χ2v) is 8.36. The van der Waals surface area contributed by atoms with Crippen molar-refractivity contribution < 1.29 is 13.2 Å². The number of thiophene rings is 1. The van der Waals surface area contributed by atoms with Crippen LogP contribution in [0.4, 0.5) is 19.0 Å². The van der Waals surface area contributed by atoms with Crippen molar-refractivity contribution in [2.75, 3.05) is 11.9 Å². The van der Waals surface area contributed by atoms with Crippen molar-refractivity contribution in [3.8, 4) is 0 Å². The first-order valence-corrected chi connectivity index (χ1v) is 9.77. The number of alkyl halides is 3. The van der Waals surface area contributed by atoms with Gasteiger partial charge in [0.2, 0.25) is 0 Å². The predicted octanol–water partition coefficient (Wildman–Crippen LogP) is 5.47. The quantitative estimate of drug-likeness (QED) is 0.593. The highest BCUT2D eigenvalue weighted by atomic mass is 32.1. The van der Waals surface area contributed by atoms with Gasteiger partial charge in [0.15, 0.2) is 0 Å². The Hall–Kier alpha value is -2.15. The zero-order valence-corrected chi connectivity index (χ0v) is 16.0. The molecular formula is C20H20F3N3S. The van der Waals surface area contributed by atoms with Crippen LogP contribution in [0.15, 0.2) is 30.6 Å². The third-order valence-electron chi connectivity index (χ3n) is 5.13. The minimum atomic E-state index is -4.31. The first-order valence-electron chi connectivity index (χ1n) is 8.95. The van der Waals surface area contributed by atoms with E-state index >= 15 is 0 Å². The molecule has 1 atom stereocenters. The number of halogens is 3. The lowest BCUT2D eigenvalue weighted by molar-refractivity contribution is -0.137. The standard InChI is InChI=1S/C20H20F3N3S/c1-12-3-8-15-16(9-12)27-19-17(15)18(24-11-25-19)26(2)10-13-4-6-14(7-5-13)20(21,22)23/h4-7,11-12H,3,8-10H2,1-2H3. The number of hydrogen-bond acceptors (Lipinski definition) is 4. The van der Waals surface area contributed by atoms with E-state index in [9.17, 15) is 13.2 Å². The molecule has 1 unspecified atom stereocenters. The monoisotopic (exact) mass is 391 g/mol. The van der Waals surface area contributed by atoms with Gasteiger partial charge >= 0.3 is 6.18 Å². The van der Waals surface area contributed by atoms with Gasteiger partial charge in [-0.15, -0.1) is 11.3 Å². The summed E-state index contributed by atoms with van der Waals surface area (Å²) in [7, 11) is 1.93. The van der Waals surface area contributed by atoms with Crippen molar-refractivity contribution in [3.63, 3.8) is 0 Å². The van der Waals surface area contributed by atoms with Crippen LogP contribution in [0.25, 0.3) is 10.2 Å². The molecule has 0 amide bonds. The Balaban J connectivity index is 1.64. The van der Waals surface area contributed by atoms with Crippen LogP contribution in [0, 0.1) is 5.92 Å². The summed E-state index contributed by atoms with van der Waals surface area (Å²) in [5, 5.41) is 1.11. The highest BCUT2D eigenvalue weighted by Gasteiger charge is 2.30. The third-order valence-corrected chi connectivity index (χ3v) is 6.30. The minimum absolute atomic E-state index is 0.491. The van der Waals surface area contributed by atoms with Crippen LogP contribution in [0.5, 0.6) is 0 Å². The Bertz CT molecular complexity index is 963. The molecule has 0 spiro atoms. The molecule has 0 radical (unpaired) electrons. The molecule has 0 N–H and O–H groups in total. The Morgan fingerprint density at radius 2 is 1.93 bits per heavy atom. The average molecular weight is 391 g/mol. The summed E-state index contributed by atoms with van der Waals surface area (Å²) in [6.45, 7) is 2.77. The van der Waals surface area contributed by atoms with E-state index in [1.807, 2.05) is 11.9 Å². The van der Waals surface area contributed by atoms with Crippen LogP contribution in [-0.2, 0) is 25.6 Å². The number of fused-ring (bicyclic) bond motifs is 3. The normalized spacial score (nSPS) is 17.1. The average Bonchev–Trinajstić information content (AvgIpc) is 2.98. The second-order valence-electron chi connectivity index (χ2n) is 7.28. The number of anilines is 1. The molecule has 1 aliphatic carbocycles. The fourth-order valence-electron chi connectivity index (χ4n) is 3.70. The van der Waals surface area contributed by atoms with Crippen molar-refractivity contribution in [1.29, 1.82) is 0 Å². The van der Waals surface area contributed by atoms with E-state index < -0.39 is 11.7 Å². The first-order chi connectivity index (χ1) is 12.8. The summed E-state index contributed by atoms with van der Waals surface area (Å²) >= 11 is 1.74. The summed E-state index contributed by atoms with van der Waals surface area (Å²) < 4.78 is 38.2. The van der Waals surface area contributed by atoms with E-state index in [-0.39, 0.29) is 0 Å². The van der Waals surface area contributed by atoms with Crippen molar-refractivity contribution >= 4 is 27.4 Å². The molecule has 0 saturated heterocycles. The minimum Gasteiger partial charge on any atom is -0.355 e. The molecule has 2 aromatic heterocycles. The van der Waals surface area contributed by atoms with Gasteiger partial charge in [-0.05, 0) is 48.4 Å². The number of aryl methyl sites for hydroxylation is 1. The van der Waals surface area contributed by atoms with Crippen LogP contribution in [-0.4, -0.2) is 17.0 Å². The van der Waals surface area contributed by atoms with Gasteiger partial charge < -0.3 is 4.90 Å². The molecule has 0 bridgehead atoms. The van der Waals surface area contributed by atoms with Gasteiger partial charge in [0.1, 0.15) is 17.0 Å². The molecule has 4 rings (SSSR count). The molecule has 1 aromatic carbocycles. The molecule has 1 aliphatic rings. The molecule has 0 aliphatic heterocycles. The molecule has 27 heavy (non-hydrogen) atoms. The SMILES string of the molecule is CC1CCc2c(sc3ncnc(N(C)Cc4ccc(C(F)(F)F)cc4)c23)C1. The maximum atomic E-state index is 12.7. The number of aromatic nitrogens is 2. The fraction of sp³-hybridized carbons (Fsp3) is 0.400. The zero-order valence-electron chi connectivity index (χ0n) is 15.2. The van der Waals surface area contributed by atoms with Gasteiger partial charge in [0.25, 0.3) is 0 Å². The maximum Gasteiger partial charge on any atom is 0.416 e. The largest absolute Gasteiger partial charge is 0.416 e. The zero-order chi connectivity index (χ0) is 19.2. The van der Waals surface area contributed by atoms with Gasteiger partial charge in [0, 0.05) is 18.5 Å². The summed E-state index contributed by atoms with van der Waals surface area (Å²) in [4.78, 5) is 13.3. The molecule has 142 valence electrons. The van der Waals surface area contributed by atoms with E-state index in [1.165, 1.54) is 22.6 Å². The number of hydrogen-bond donors (Lipinski definition) is 0. The lowest BCUT2D eigenvalue weighted by Gasteiger charge is -2.22. The predicted molar refractivity (Wildman–Crippen MR) is 102 cm³/mol. The van der Waals surface area contributed by atoms with Crippen LogP contribution in [0.3, 0.4) is 0 Å². The lowest BCUT2D eigenvalue weighted by atomic mass is 9.89. The Morgan fingerprint density at radius 1 is 1.19 bits per heavy atom. The lowest BCUT2D eigenvalue weighted by Crippen LogP contribution is -2.19. The third kappa shape index (κ3) is 3.52. The van der Waals surface area contributed by atoms with E-state index in [2.05, 4.69) is 16.9 Å². The van der Waals surface area contributed by atoms with Crippen molar-refractivity contribution in [1.82, 2.24) is 9.97 Å². The van der Waals surface area contributed by atoms with Gasteiger partial charge in [-0.1, -0.05) is 19.1 Å². The van der Waals surface area contributed by atoms with E-state index in [0.29, 0.717) is 12.5 Å². The molecular weight excluding hydrogens is 371 g/mol. The molecule has 3 nitrogen and oxygen atoms in total. The fourth-order valence-corrected chi connectivity index (χ4v) is 5.04. The van der Waals surface area contributed by atoms with Gasteiger partial charge in [-0.3, -0.25) is 0 Å². The van der Waals surface area contributed by atoms with Gasteiger partial charge in [-0.2, -0.15) is 13.2 Å². The van der Waals surface area contributed by atoms with Crippen molar-refractivity contribution in [3.05, 3.63) is 52.2 Å². The molecule has 3 aromatic rings. The molecule has 0 saturated carbocycles. The number of nitrogens with zero attached hydrogens (tertiary/aromatic N) is 3. The highest BCUT2D eigenvalue weighted by molar-refractivity contribution is 7.19. The Kier molecular flexibility index (Phi) is 4.58. The van der Waals surface area contributed by atoms with Crippen molar-refractivity contribution in [2.24, 2.45) is 5.92 Å². The van der Waals surface area contributed by atoms with E-state index in [0.717, 1.165) is 53.0 Å². The van der Waals surface area contributed by atoms with Gasteiger partial charge in [-0.25, -0.2) is 9.97 Å². The first kappa shape index (κ1) is 18.2. The summed E-state index contributed by atoms with van der Waals surface area (Å²) in [5.41, 5.74) is 1.54. The smallest absolute Gasteiger partial charge is 0.355 e. The van der Waals surface area contributed by atoms with Crippen molar-refractivity contribution in [2.45, 2.75) is 38.9 Å².